The van der Waals surface area contributed by atoms with E-state index in [1.54, 1.807) is 11.9 Å². The van der Waals surface area contributed by atoms with Gasteiger partial charge in [0.1, 0.15) is 6.04 Å². The Morgan fingerprint density at radius 2 is 1.93 bits per heavy atom. The average Bonchev–Trinajstić information content (AvgIpc) is 2.80. The molecular formula is C24H28N4OS. The van der Waals surface area contributed by atoms with E-state index in [4.69, 9.17) is 0 Å². The summed E-state index contributed by atoms with van der Waals surface area (Å²) in [6, 6.07) is 18.6. The molecule has 2 aliphatic heterocycles. The minimum atomic E-state index is -0.514. The van der Waals surface area contributed by atoms with Crippen molar-refractivity contribution in [2.24, 2.45) is 5.92 Å². The van der Waals surface area contributed by atoms with E-state index in [9.17, 15) is 10.1 Å². The maximum atomic E-state index is 12.7. The van der Waals surface area contributed by atoms with E-state index in [0.29, 0.717) is 18.4 Å². The normalized spacial score (nSPS) is 23.4. The molecule has 1 aliphatic carbocycles. The third-order valence-electron chi connectivity index (χ3n) is 6.22. The Labute approximate surface area is 182 Å². The summed E-state index contributed by atoms with van der Waals surface area (Å²) in [5.74, 6) is 0.385. The summed E-state index contributed by atoms with van der Waals surface area (Å²) < 4.78 is 3.25. The maximum Gasteiger partial charge on any atom is 0.238 e. The van der Waals surface area contributed by atoms with Gasteiger partial charge < -0.3 is 15.4 Å². The summed E-state index contributed by atoms with van der Waals surface area (Å²) in [5.41, 5.74) is 4.39. The fourth-order valence-electron chi connectivity index (χ4n) is 4.64. The lowest BCUT2D eigenvalue weighted by Crippen LogP contribution is -2.59. The number of carbonyl (C=O) groups excluding carboxylic acids is 1. The largest absolute Gasteiger partial charge is 0.339 e. The number of fused-ring (bicyclic) bond motifs is 3. The molecule has 3 fully saturated rings. The minimum Gasteiger partial charge on any atom is -0.339 e. The Morgan fingerprint density at radius 1 is 1.17 bits per heavy atom. The van der Waals surface area contributed by atoms with Crippen molar-refractivity contribution < 1.29 is 4.79 Å². The fourth-order valence-corrected chi connectivity index (χ4v) is 5.00. The fraction of sp³-hybridized carbons (Fsp3) is 0.417. The number of nitrogens with zero attached hydrogens (tertiary/aromatic N) is 1. The van der Waals surface area contributed by atoms with Gasteiger partial charge in [-0.1, -0.05) is 48.3 Å². The number of piperidine rings is 2. The quantitative estimate of drug-likeness (QED) is 0.587. The molecule has 2 heterocycles. The van der Waals surface area contributed by atoms with Crippen LogP contribution in [0.2, 0.25) is 0 Å². The van der Waals surface area contributed by atoms with Crippen molar-refractivity contribution in [3.63, 3.8) is 0 Å². The van der Waals surface area contributed by atoms with Gasteiger partial charge in [0.2, 0.25) is 5.91 Å². The Kier molecular flexibility index (Phi) is 6.61. The first-order valence-corrected chi connectivity index (χ1v) is 11.8. The molecular weight excluding hydrogens is 392 g/mol. The molecule has 0 radical (unpaired) electrons. The number of nitriles is 1. The van der Waals surface area contributed by atoms with Crippen molar-refractivity contribution in [1.82, 2.24) is 10.6 Å². The van der Waals surface area contributed by atoms with Gasteiger partial charge in [-0.15, -0.1) is 0 Å². The predicted octanol–water partition coefficient (Wildman–Crippen LogP) is 4.12. The average molecular weight is 421 g/mol. The molecule has 0 aromatic heterocycles. The van der Waals surface area contributed by atoms with Gasteiger partial charge in [0, 0.05) is 24.4 Å². The second-order valence-corrected chi connectivity index (χ2v) is 8.85. The van der Waals surface area contributed by atoms with Gasteiger partial charge in [0.25, 0.3) is 0 Å². The highest BCUT2D eigenvalue weighted by Gasteiger charge is 2.39. The highest BCUT2D eigenvalue weighted by atomic mass is 32.2. The van der Waals surface area contributed by atoms with Crippen LogP contribution < -0.4 is 15.4 Å². The Bertz CT molecular complexity index is 916. The zero-order chi connectivity index (χ0) is 20.9. The molecule has 0 unspecified atom stereocenters. The van der Waals surface area contributed by atoms with Crippen LogP contribution in [0.5, 0.6) is 0 Å². The van der Waals surface area contributed by atoms with Gasteiger partial charge in [0.15, 0.2) is 0 Å². The summed E-state index contributed by atoms with van der Waals surface area (Å²) in [6.45, 7) is 0. The summed E-state index contributed by atoms with van der Waals surface area (Å²) in [5, 5.41) is 16.0. The summed E-state index contributed by atoms with van der Waals surface area (Å²) in [4.78, 5) is 12.7. The summed E-state index contributed by atoms with van der Waals surface area (Å²) in [6.07, 6.45) is 7.07. The van der Waals surface area contributed by atoms with Gasteiger partial charge >= 0.3 is 0 Å². The van der Waals surface area contributed by atoms with Crippen LogP contribution in [-0.2, 0) is 11.2 Å². The number of carbonyl (C=O) groups is 1. The van der Waals surface area contributed by atoms with Crippen LogP contribution in [0.1, 0.15) is 31.2 Å². The first kappa shape index (κ1) is 20.8. The van der Waals surface area contributed by atoms with Gasteiger partial charge in [-0.3, -0.25) is 4.79 Å². The lowest BCUT2D eigenvalue weighted by atomic mass is 9.76. The highest BCUT2D eigenvalue weighted by Crippen LogP contribution is 2.33. The lowest BCUT2D eigenvalue weighted by Gasteiger charge is -2.42. The van der Waals surface area contributed by atoms with E-state index >= 15 is 0 Å². The topological polar surface area (TPSA) is 77.0 Å². The molecule has 1 amide bonds. The van der Waals surface area contributed by atoms with Crippen molar-refractivity contribution >= 4 is 23.5 Å². The molecule has 156 valence electrons. The first-order chi connectivity index (χ1) is 14.7. The lowest BCUT2D eigenvalue weighted by molar-refractivity contribution is -0.127. The molecule has 2 saturated heterocycles. The molecule has 3 aliphatic rings. The predicted molar refractivity (Wildman–Crippen MR) is 123 cm³/mol. The van der Waals surface area contributed by atoms with Crippen LogP contribution in [0.15, 0.2) is 48.5 Å². The van der Waals surface area contributed by atoms with E-state index in [2.05, 4.69) is 45.7 Å². The summed E-state index contributed by atoms with van der Waals surface area (Å²) >= 11 is 1.57. The molecule has 0 spiro atoms. The highest BCUT2D eigenvalue weighted by molar-refractivity contribution is 7.99. The van der Waals surface area contributed by atoms with Gasteiger partial charge in [-0.2, -0.15) is 5.26 Å². The molecule has 3 N–H and O–H groups in total. The van der Waals surface area contributed by atoms with Crippen LogP contribution in [0, 0.1) is 17.2 Å². The monoisotopic (exact) mass is 420 g/mol. The Morgan fingerprint density at radius 3 is 2.57 bits per heavy atom. The van der Waals surface area contributed by atoms with E-state index in [1.165, 1.54) is 12.8 Å². The van der Waals surface area contributed by atoms with E-state index in [-0.39, 0.29) is 11.9 Å². The van der Waals surface area contributed by atoms with Gasteiger partial charge in [0.05, 0.1) is 12.1 Å². The maximum absolute atomic E-state index is 12.7. The van der Waals surface area contributed by atoms with Crippen molar-refractivity contribution in [3.05, 3.63) is 54.1 Å². The van der Waals surface area contributed by atoms with Gasteiger partial charge in [-0.05, 0) is 60.4 Å². The van der Waals surface area contributed by atoms with Crippen LogP contribution in [-0.4, -0.2) is 30.3 Å². The molecule has 5 rings (SSSR count). The molecule has 30 heavy (non-hydrogen) atoms. The van der Waals surface area contributed by atoms with Crippen molar-refractivity contribution in [1.29, 1.82) is 5.26 Å². The SMILES string of the molecule is CSNc1cccc(-c2ccc(C[C@@H](C#N)NC(=O)[C@H]3NC4CCC3CC4)cc2)c1. The number of hydrogen-bond acceptors (Lipinski definition) is 5. The second-order valence-electron chi connectivity index (χ2n) is 8.23. The zero-order valence-electron chi connectivity index (χ0n) is 17.2. The molecule has 2 aromatic rings. The molecule has 6 heteroatoms. The number of benzene rings is 2. The van der Waals surface area contributed by atoms with E-state index < -0.39 is 6.04 Å². The Balaban J connectivity index is 1.37. The number of amides is 1. The number of nitrogens with one attached hydrogen (secondary N) is 3. The van der Waals surface area contributed by atoms with E-state index in [0.717, 1.165) is 35.2 Å². The van der Waals surface area contributed by atoms with Crippen LogP contribution >= 0.6 is 11.9 Å². The van der Waals surface area contributed by atoms with Crippen molar-refractivity contribution in [3.8, 4) is 17.2 Å². The van der Waals surface area contributed by atoms with E-state index in [1.807, 2.05) is 30.5 Å². The third kappa shape index (κ3) is 4.80. The standard InChI is InChI=1S/C24H28N4OS/c1-30-28-21-4-2-3-19(14-21)17-7-5-16(6-8-17)13-22(15-25)27-24(29)23-18-9-11-20(26-23)12-10-18/h2-8,14,18,20,22-23,26,28H,9-13H2,1H3,(H,27,29)/t18?,20?,22-,23-/m0/s1. The second kappa shape index (κ2) is 9.55. The smallest absolute Gasteiger partial charge is 0.238 e. The minimum absolute atomic E-state index is 0.0225. The number of anilines is 1. The molecule has 2 atom stereocenters. The van der Waals surface area contributed by atoms with Crippen LogP contribution in [0.3, 0.4) is 0 Å². The Hall–Kier alpha value is -2.49. The first-order valence-electron chi connectivity index (χ1n) is 10.6. The molecule has 2 bridgehead atoms. The van der Waals surface area contributed by atoms with Crippen molar-refractivity contribution in [2.75, 3.05) is 11.0 Å². The third-order valence-corrected chi connectivity index (χ3v) is 6.66. The van der Waals surface area contributed by atoms with Gasteiger partial charge in [-0.25, -0.2) is 0 Å². The van der Waals surface area contributed by atoms with Crippen LogP contribution in [0.4, 0.5) is 5.69 Å². The summed E-state index contributed by atoms with van der Waals surface area (Å²) in [7, 11) is 0. The molecule has 5 nitrogen and oxygen atoms in total. The zero-order valence-corrected chi connectivity index (χ0v) is 18.0. The number of rotatable bonds is 7. The molecule has 2 aromatic carbocycles. The van der Waals surface area contributed by atoms with Crippen molar-refractivity contribution in [2.45, 2.75) is 50.2 Å². The molecule has 1 saturated carbocycles. The van der Waals surface area contributed by atoms with Crippen LogP contribution in [0.25, 0.3) is 11.1 Å². The number of hydrogen-bond donors (Lipinski definition) is 3.